The van der Waals surface area contributed by atoms with E-state index in [0.717, 1.165) is 79.9 Å². The van der Waals surface area contributed by atoms with Crippen LogP contribution in [0, 0.1) is 0 Å². The molecule has 9 heteroatoms. The molecule has 0 radical (unpaired) electrons. The summed E-state index contributed by atoms with van der Waals surface area (Å²) < 4.78 is 3.97. The summed E-state index contributed by atoms with van der Waals surface area (Å²) in [5.74, 6) is 1.44. The third-order valence-electron chi connectivity index (χ3n) is 8.80. The zero-order valence-electron chi connectivity index (χ0n) is 24.3. The van der Waals surface area contributed by atoms with Crippen molar-refractivity contribution in [2.45, 2.75) is 31.7 Å². The fraction of sp³-hybridized carbons (Fsp3) is 0.333. The lowest BCUT2D eigenvalue weighted by Gasteiger charge is -2.34. The SMILES string of the molecule is CN1CCN(c2ccc(Nc3ncc4cc(-c5ccccc5-c5[nH]cc[n+]5C)c(=O)n(C5CCCC5)c4n3)cc2)CC1. The monoisotopic (exact) mass is 561 g/mol. The number of imidazole rings is 1. The molecule has 2 N–H and O–H groups in total. The second-order valence-electron chi connectivity index (χ2n) is 11.6. The molecule has 0 bridgehead atoms. The van der Waals surface area contributed by atoms with Crippen molar-refractivity contribution in [3.05, 3.63) is 83.5 Å². The van der Waals surface area contributed by atoms with E-state index in [1.165, 1.54) is 5.69 Å². The minimum absolute atomic E-state index is 0.00256. The van der Waals surface area contributed by atoms with Crippen LogP contribution in [-0.2, 0) is 7.05 Å². The molecule has 1 aliphatic carbocycles. The van der Waals surface area contributed by atoms with Crippen LogP contribution in [-0.4, -0.2) is 57.6 Å². The molecule has 42 heavy (non-hydrogen) atoms. The molecular formula is C33H37N8O+. The Morgan fingerprint density at radius 3 is 2.40 bits per heavy atom. The Morgan fingerprint density at radius 2 is 1.69 bits per heavy atom. The van der Waals surface area contributed by atoms with Gasteiger partial charge in [-0.3, -0.25) is 9.36 Å². The van der Waals surface area contributed by atoms with Gasteiger partial charge in [0.2, 0.25) is 5.95 Å². The fourth-order valence-corrected chi connectivity index (χ4v) is 6.42. The van der Waals surface area contributed by atoms with E-state index in [4.69, 9.17) is 4.98 Å². The average molecular weight is 562 g/mol. The van der Waals surface area contributed by atoms with Crippen molar-refractivity contribution in [1.82, 2.24) is 24.4 Å². The summed E-state index contributed by atoms with van der Waals surface area (Å²) in [6.45, 7) is 4.22. The number of hydrogen-bond acceptors (Lipinski definition) is 6. The highest BCUT2D eigenvalue weighted by atomic mass is 16.1. The number of benzene rings is 2. The summed E-state index contributed by atoms with van der Waals surface area (Å²) >= 11 is 0. The van der Waals surface area contributed by atoms with Crippen LogP contribution in [0.3, 0.4) is 0 Å². The van der Waals surface area contributed by atoms with Gasteiger partial charge in [-0.1, -0.05) is 31.0 Å². The van der Waals surface area contributed by atoms with Crippen LogP contribution in [0.2, 0.25) is 0 Å². The van der Waals surface area contributed by atoms with Crippen molar-refractivity contribution in [2.75, 3.05) is 43.4 Å². The predicted molar refractivity (Wildman–Crippen MR) is 167 cm³/mol. The first-order valence-electron chi connectivity index (χ1n) is 14.9. The highest BCUT2D eigenvalue weighted by Crippen LogP contribution is 2.34. The number of H-pyrrole nitrogens is 1. The van der Waals surface area contributed by atoms with Crippen molar-refractivity contribution in [3.63, 3.8) is 0 Å². The first-order valence-corrected chi connectivity index (χ1v) is 14.9. The Balaban J connectivity index is 1.26. The number of aromatic amines is 1. The zero-order chi connectivity index (χ0) is 28.6. The number of aromatic nitrogens is 5. The Morgan fingerprint density at radius 1 is 0.952 bits per heavy atom. The quantitative estimate of drug-likeness (QED) is 0.287. The zero-order valence-corrected chi connectivity index (χ0v) is 24.3. The van der Waals surface area contributed by atoms with Gasteiger partial charge in [-0.15, -0.1) is 0 Å². The van der Waals surface area contributed by atoms with Gasteiger partial charge in [0.1, 0.15) is 18.0 Å². The Kier molecular flexibility index (Phi) is 6.95. The van der Waals surface area contributed by atoms with Crippen LogP contribution in [0.5, 0.6) is 0 Å². The van der Waals surface area contributed by atoms with E-state index < -0.39 is 0 Å². The Labute approximate surface area is 245 Å². The lowest BCUT2D eigenvalue weighted by atomic mass is 9.99. The van der Waals surface area contributed by atoms with Crippen molar-refractivity contribution in [3.8, 4) is 22.5 Å². The molecule has 4 heterocycles. The minimum Gasteiger partial charge on any atom is -0.369 e. The molecule has 1 aliphatic heterocycles. The van der Waals surface area contributed by atoms with E-state index in [2.05, 4.69) is 62.5 Å². The number of aryl methyl sites for hydroxylation is 1. The van der Waals surface area contributed by atoms with Crippen LogP contribution in [0.1, 0.15) is 31.7 Å². The van der Waals surface area contributed by atoms with Gasteiger partial charge in [0.15, 0.2) is 0 Å². The third kappa shape index (κ3) is 4.94. The number of piperazine rings is 1. The number of hydrogen-bond donors (Lipinski definition) is 2. The summed E-state index contributed by atoms with van der Waals surface area (Å²) in [6, 6.07) is 18.6. The number of pyridine rings is 1. The fourth-order valence-electron chi connectivity index (χ4n) is 6.42. The molecule has 0 amide bonds. The van der Waals surface area contributed by atoms with E-state index in [-0.39, 0.29) is 11.6 Å². The number of rotatable bonds is 6. The van der Waals surface area contributed by atoms with E-state index in [1.54, 1.807) is 0 Å². The van der Waals surface area contributed by atoms with Crippen molar-refractivity contribution < 1.29 is 4.57 Å². The Hall–Kier alpha value is -4.50. The van der Waals surface area contributed by atoms with Crippen LogP contribution in [0.15, 0.2) is 78.0 Å². The minimum atomic E-state index is -0.00256. The van der Waals surface area contributed by atoms with Crippen molar-refractivity contribution in [1.29, 1.82) is 0 Å². The maximum absolute atomic E-state index is 14.3. The topological polar surface area (TPSA) is 86.0 Å². The van der Waals surface area contributed by atoms with E-state index in [0.29, 0.717) is 17.2 Å². The second kappa shape index (κ2) is 11.1. The summed E-state index contributed by atoms with van der Waals surface area (Å²) in [5.41, 5.74) is 5.39. The molecule has 2 aromatic carbocycles. The smallest absolute Gasteiger partial charge is 0.287 e. The van der Waals surface area contributed by atoms with Gasteiger partial charge >= 0.3 is 0 Å². The van der Waals surface area contributed by atoms with Gasteiger partial charge in [0.25, 0.3) is 11.4 Å². The van der Waals surface area contributed by atoms with Crippen LogP contribution < -0.4 is 20.3 Å². The van der Waals surface area contributed by atoms with Crippen molar-refractivity contribution in [2.24, 2.45) is 7.05 Å². The van der Waals surface area contributed by atoms with Gasteiger partial charge < -0.3 is 15.1 Å². The summed E-state index contributed by atoms with van der Waals surface area (Å²) in [6.07, 6.45) is 9.92. The molecule has 7 rings (SSSR count). The number of anilines is 3. The molecule has 214 valence electrons. The number of fused-ring (bicyclic) bond motifs is 1. The van der Waals surface area contributed by atoms with E-state index in [9.17, 15) is 4.79 Å². The number of likely N-dealkylation sites (N-methyl/N-ethyl adjacent to an activating group) is 1. The summed E-state index contributed by atoms with van der Waals surface area (Å²) in [4.78, 5) is 32.0. The largest absolute Gasteiger partial charge is 0.369 e. The van der Waals surface area contributed by atoms with Gasteiger partial charge in [0.05, 0.1) is 12.6 Å². The maximum atomic E-state index is 14.3. The third-order valence-corrected chi connectivity index (χ3v) is 8.80. The molecule has 9 nitrogen and oxygen atoms in total. The molecule has 0 atom stereocenters. The average Bonchev–Trinajstić information content (AvgIpc) is 3.70. The highest BCUT2D eigenvalue weighted by Gasteiger charge is 2.25. The van der Waals surface area contributed by atoms with Gasteiger partial charge in [-0.05, 0) is 56.3 Å². The molecule has 2 aliphatic rings. The summed E-state index contributed by atoms with van der Waals surface area (Å²) in [5, 5.41) is 4.24. The lowest BCUT2D eigenvalue weighted by Crippen LogP contribution is -2.44. The first kappa shape index (κ1) is 26.4. The number of nitrogens with one attached hydrogen (secondary N) is 2. The van der Waals surface area contributed by atoms with Crippen LogP contribution >= 0.6 is 0 Å². The van der Waals surface area contributed by atoms with Gasteiger partial charge in [-0.2, -0.15) is 4.98 Å². The molecule has 1 saturated carbocycles. The lowest BCUT2D eigenvalue weighted by molar-refractivity contribution is -0.658. The second-order valence-corrected chi connectivity index (χ2v) is 11.6. The predicted octanol–water partition coefficient (Wildman–Crippen LogP) is 4.89. The Bertz CT molecular complexity index is 1780. The molecule has 1 saturated heterocycles. The van der Waals surface area contributed by atoms with E-state index >= 15 is 0 Å². The molecule has 2 fully saturated rings. The maximum Gasteiger partial charge on any atom is 0.287 e. The molecular weight excluding hydrogens is 524 g/mol. The van der Waals surface area contributed by atoms with Crippen molar-refractivity contribution >= 4 is 28.4 Å². The first-order chi connectivity index (χ1) is 20.5. The van der Waals surface area contributed by atoms with Gasteiger partial charge in [0, 0.05) is 66.3 Å². The molecule has 0 unspecified atom stereocenters. The van der Waals surface area contributed by atoms with Gasteiger partial charge in [-0.25, -0.2) is 14.5 Å². The normalized spacial score (nSPS) is 16.4. The standard InChI is InChI=1S/C33H36N8O/c1-38-17-19-40(20-18-38)25-13-11-24(12-14-25)36-33-35-22-23-21-29(32(42)41(30(23)37-33)26-7-3-4-8-26)27-9-5-6-10-28(27)31-34-15-16-39(31)2/h5-6,9-16,21-22,26H,3-4,7-8,17-20H2,1-2H3,(H,34,35,36,37,42)/p+1. The van der Waals surface area contributed by atoms with Crippen LogP contribution in [0.4, 0.5) is 17.3 Å². The number of nitrogens with zero attached hydrogens (tertiary/aromatic N) is 6. The summed E-state index contributed by atoms with van der Waals surface area (Å²) in [7, 11) is 4.17. The molecule has 3 aromatic heterocycles. The van der Waals surface area contributed by atoms with Crippen LogP contribution in [0.25, 0.3) is 33.5 Å². The molecule has 0 spiro atoms. The molecule has 5 aromatic rings. The van der Waals surface area contributed by atoms with E-state index in [1.807, 2.05) is 59.0 Å². The highest BCUT2D eigenvalue weighted by molar-refractivity contribution is 5.86.